The van der Waals surface area contributed by atoms with Crippen LogP contribution >= 0.6 is 0 Å². The van der Waals surface area contributed by atoms with Crippen LogP contribution in [0, 0.1) is 0 Å². The molecule has 14 heavy (non-hydrogen) atoms. The van der Waals surface area contributed by atoms with Gasteiger partial charge in [0, 0.05) is 12.5 Å². The molecule has 1 amide bonds. The molecule has 0 heterocycles. The minimum absolute atomic E-state index is 0.00259. The fraction of sp³-hybridized carbons (Fsp3) is 0.300. The van der Waals surface area contributed by atoms with Gasteiger partial charge >= 0.3 is 0 Å². The van der Waals surface area contributed by atoms with Gasteiger partial charge in [0.2, 0.25) is 5.91 Å². The summed E-state index contributed by atoms with van der Waals surface area (Å²) in [6.45, 7) is 1.89. The zero-order chi connectivity index (χ0) is 10.6. The summed E-state index contributed by atoms with van der Waals surface area (Å²) in [4.78, 5) is 10.6. The summed E-state index contributed by atoms with van der Waals surface area (Å²) in [5.41, 5.74) is 12.3. The lowest BCUT2D eigenvalue weighted by molar-refractivity contribution is -0.118. The normalized spacial score (nSPS) is 12.1. The maximum atomic E-state index is 10.6. The Balaban J connectivity index is 2.60. The van der Waals surface area contributed by atoms with Crippen molar-refractivity contribution in [3.63, 3.8) is 0 Å². The van der Waals surface area contributed by atoms with Gasteiger partial charge in [0.05, 0.1) is 11.4 Å². The Morgan fingerprint density at radius 3 is 2.71 bits per heavy atom. The van der Waals surface area contributed by atoms with Gasteiger partial charge in [-0.3, -0.25) is 4.79 Å². The lowest BCUT2D eigenvalue weighted by Crippen LogP contribution is -2.24. The molecule has 0 aliphatic rings. The molecule has 0 radical (unpaired) electrons. The Kier molecular flexibility index (Phi) is 3.34. The lowest BCUT2D eigenvalue weighted by Gasteiger charge is -2.14. The van der Waals surface area contributed by atoms with Crippen molar-refractivity contribution in [2.45, 2.75) is 19.4 Å². The number of para-hydroxylation sites is 2. The zero-order valence-corrected chi connectivity index (χ0v) is 8.16. The van der Waals surface area contributed by atoms with Crippen LogP contribution in [-0.4, -0.2) is 11.9 Å². The van der Waals surface area contributed by atoms with Crippen LogP contribution in [0.2, 0.25) is 0 Å². The number of primary amides is 1. The molecule has 0 aliphatic heterocycles. The Morgan fingerprint density at radius 1 is 1.50 bits per heavy atom. The minimum Gasteiger partial charge on any atom is -0.397 e. The Hall–Kier alpha value is -1.71. The van der Waals surface area contributed by atoms with Crippen LogP contribution in [-0.2, 0) is 4.79 Å². The lowest BCUT2D eigenvalue weighted by atomic mass is 10.2. The fourth-order valence-corrected chi connectivity index (χ4v) is 1.25. The van der Waals surface area contributed by atoms with Gasteiger partial charge in [-0.05, 0) is 19.1 Å². The van der Waals surface area contributed by atoms with Gasteiger partial charge < -0.3 is 16.8 Å². The summed E-state index contributed by atoms with van der Waals surface area (Å²) in [5, 5.41) is 3.12. The van der Waals surface area contributed by atoms with Crippen molar-refractivity contribution in [2.24, 2.45) is 5.73 Å². The first kappa shape index (κ1) is 10.4. The number of amides is 1. The maximum absolute atomic E-state index is 10.6. The summed E-state index contributed by atoms with van der Waals surface area (Å²) in [7, 11) is 0. The molecule has 1 atom stereocenters. The van der Waals surface area contributed by atoms with Gasteiger partial charge in [-0.2, -0.15) is 0 Å². The van der Waals surface area contributed by atoms with Crippen LogP contribution in [0.1, 0.15) is 13.3 Å². The predicted octanol–water partition coefficient (Wildman–Crippen LogP) is 0.945. The van der Waals surface area contributed by atoms with Crippen molar-refractivity contribution in [1.82, 2.24) is 0 Å². The smallest absolute Gasteiger partial charge is 0.219 e. The average molecular weight is 193 g/mol. The summed E-state index contributed by atoms with van der Waals surface area (Å²) < 4.78 is 0. The number of nitrogen functional groups attached to an aromatic ring is 1. The molecule has 0 aromatic heterocycles. The van der Waals surface area contributed by atoms with E-state index in [1.54, 1.807) is 6.07 Å². The molecule has 0 aliphatic carbocycles. The monoisotopic (exact) mass is 193 g/mol. The first-order valence-corrected chi connectivity index (χ1v) is 4.49. The Bertz CT molecular complexity index is 325. The van der Waals surface area contributed by atoms with Crippen LogP contribution in [0.5, 0.6) is 0 Å². The van der Waals surface area contributed by atoms with Crippen LogP contribution in [0.4, 0.5) is 11.4 Å². The molecular weight excluding hydrogens is 178 g/mol. The maximum Gasteiger partial charge on any atom is 0.219 e. The molecule has 0 bridgehead atoms. The first-order chi connectivity index (χ1) is 6.59. The standard InChI is InChI=1S/C10H15N3O/c1-7(6-10(12)14)13-9-5-3-2-4-8(9)11/h2-5,7,13H,6,11H2,1H3,(H2,12,14). The largest absolute Gasteiger partial charge is 0.397 e. The van der Waals surface area contributed by atoms with Crippen molar-refractivity contribution in [3.05, 3.63) is 24.3 Å². The second kappa shape index (κ2) is 4.50. The minimum atomic E-state index is -0.320. The molecular formula is C10H15N3O. The molecule has 0 saturated heterocycles. The predicted molar refractivity (Wildman–Crippen MR) is 57.8 cm³/mol. The molecule has 4 heteroatoms. The molecule has 0 spiro atoms. The average Bonchev–Trinajstić information content (AvgIpc) is 2.07. The van der Waals surface area contributed by atoms with Gasteiger partial charge in [-0.1, -0.05) is 12.1 Å². The number of carbonyl (C=O) groups is 1. The SMILES string of the molecule is CC(CC(N)=O)Nc1ccccc1N. The number of anilines is 2. The molecule has 4 nitrogen and oxygen atoms in total. The van der Waals surface area contributed by atoms with E-state index in [9.17, 15) is 4.79 Å². The van der Waals surface area contributed by atoms with E-state index in [1.165, 1.54) is 0 Å². The summed E-state index contributed by atoms with van der Waals surface area (Å²) in [6, 6.07) is 7.42. The highest BCUT2D eigenvalue weighted by Crippen LogP contribution is 2.18. The van der Waals surface area contributed by atoms with Crippen LogP contribution in [0.15, 0.2) is 24.3 Å². The molecule has 1 aromatic carbocycles. The van der Waals surface area contributed by atoms with Gasteiger partial charge in [0.25, 0.3) is 0 Å². The number of nitrogens with one attached hydrogen (secondary N) is 1. The van der Waals surface area contributed by atoms with Crippen molar-refractivity contribution >= 4 is 17.3 Å². The quantitative estimate of drug-likeness (QED) is 0.622. The molecule has 1 rings (SSSR count). The van der Waals surface area contributed by atoms with Gasteiger partial charge in [-0.15, -0.1) is 0 Å². The van der Waals surface area contributed by atoms with Gasteiger partial charge in [0.15, 0.2) is 0 Å². The van der Waals surface area contributed by atoms with E-state index in [0.717, 1.165) is 5.69 Å². The fourth-order valence-electron chi connectivity index (χ4n) is 1.25. The number of carbonyl (C=O) groups excluding carboxylic acids is 1. The van der Waals surface area contributed by atoms with Crippen LogP contribution in [0.25, 0.3) is 0 Å². The molecule has 1 unspecified atom stereocenters. The molecule has 76 valence electrons. The molecule has 5 N–H and O–H groups in total. The van der Waals surface area contributed by atoms with E-state index in [4.69, 9.17) is 11.5 Å². The van der Waals surface area contributed by atoms with E-state index in [1.807, 2.05) is 25.1 Å². The highest BCUT2D eigenvalue weighted by molar-refractivity contribution is 5.75. The second-order valence-electron chi connectivity index (χ2n) is 3.30. The third kappa shape index (κ3) is 2.97. The summed E-state index contributed by atoms with van der Waals surface area (Å²) in [6.07, 6.45) is 0.300. The molecule has 0 fully saturated rings. The summed E-state index contributed by atoms with van der Waals surface area (Å²) in [5.74, 6) is -0.320. The van der Waals surface area contributed by atoms with Crippen LogP contribution < -0.4 is 16.8 Å². The third-order valence-corrected chi connectivity index (χ3v) is 1.87. The molecule has 0 saturated carbocycles. The zero-order valence-electron chi connectivity index (χ0n) is 8.16. The first-order valence-electron chi connectivity index (χ1n) is 4.49. The number of benzene rings is 1. The Morgan fingerprint density at radius 2 is 2.14 bits per heavy atom. The van der Waals surface area contributed by atoms with E-state index in [-0.39, 0.29) is 11.9 Å². The Labute approximate surface area is 83.3 Å². The highest BCUT2D eigenvalue weighted by atomic mass is 16.1. The van der Waals surface area contributed by atoms with Crippen LogP contribution in [0.3, 0.4) is 0 Å². The van der Waals surface area contributed by atoms with Crippen molar-refractivity contribution in [1.29, 1.82) is 0 Å². The number of hydrogen-bond donors (Lipinski definition) is 3. The van der Waals surface area contributed by atoms with Crippen molar-refractivity contribution in [3.8, 4) is 0 Å². The number of rotatable bonds is 4. The van der Waals surface area contributed by atoms with E-state index in [2.05, 4.69) is 5.32 Å². The second-order valence-corrected chi connectivity index (χ2v) is 3.30. The highest BCUT2D eigenvalue weighted by Gasteiger charge is 2.06. The van der Waals surface area contributed by atoms with Gasteiger partial charge in [0.1, 0.15) is 0 Å². The number of nitrogens with two attached hydrogens (primary N) is 2. The van der Waals surface area contributed by atoms with E-state index >= 15 is 0 Å². The number of hydrogen-bond acceptors (Lipinski definition) is 3. The van der Waals surface area contributed by atoms with Crippen molar-refractivity contribution < 1.29 is 4.79 Å². The summed E-state index contributed by atoms with van der Waals surface area (Å²) >= 11 is 0. The van der Waals surface area contributed by atoms with Gasteiger partial charge in [-0.25, -0.2) is 0 Å². The van der Waals surface area contributed by atoms with Crippen molar-refractivity contribution in [2.75, 3.05) is 11.1 Å². The topological polar surface area (TPSA) is 81.1 Å². The third-order valence-electron chi connectivity index (χ3n) is 1.87. The van der Waals surface area contributed by atoms with E-state index in [0.29, 0.717) is 12.1 Å². The van der Waals surface area contributed by atoms with E-state index < -0.39 is 0 Å². The molecule has 1 aromatic rings.